The Hall–Kier alpha value is -3.68. The van der Waals surface area contributed by atoms with Crippen LogP contribution in [0.15, 0.2) is 58.1 Å². The van der Waals surface area contributed by atoms with Crippen LogP contribution in [0.4, 0.5) is 0 Å². The third kappa shape index (κ3) is 2.67. The van der Waals surface area contributed by atoms with Gasteiger partial charge >= 0.3 is 11.1 Å². The lowest BCUT2D eigenvalue weighted by Crippen LogP contribution is -2.39. The zero-order valence-electron chi connectivity index (χ0n) is 13.7. The molecule has 4 aromatic rings. The highest BCUT2D eigenvalue weighted by atomic mass is 16.2. The maximum Gasteiger partial charge on any atom is 0.316 e. The molecule has 2 aromatic heterocycles. The quantitative estimate of drug-likeness (QED) is 0.477. The minimum absolute atomic E-state index is 0.178. The van der Waals surface area contributed by atoms with Gasteiger partial charge in [-0.05, 0) is 18.2 Å². The van der Waals surface area contributed by atoms with E-state index in [-0.39, 0.29) is 19.0 Å². The number of hydrogen-bond acceptors (Lipinski definition) is 4. The summed E-state index contributed by atoms with van der Waals surface area (Å²) in [6.45, 7) is 0.366. The van der Waals surface area contributed by atoms with Crippen LogP contribution < -0.4 is 16.4 Å². The van der Waals surface area contributed by atoms with E-state index < -0.39 is 11.1 Å². The molecule has 0 fully saturated rings. The van der Waals surface area contributed by atoms with Gasteiger partial charge in [-0.2, -0.15) is 5.10 Å². The Morgan fingerprint density at radius 1 is 1.04 bits per heavy atom. The maximum absolute atomic E-state index is 12.4. The number of hydrogen-bond donors (Lipinski definition) is 3. The predicted molar refractivity (Wildman–Crippen MR) is 97.3 cm³/mol. The summed E-state index contributed by atoms with van der Waals surface area (Å²) < 4.78 is 1.36. The van der Waals surface area contributed by atoms with Crippen LogP contribution in [0.3, 0.4) is 0 Å². The molecule has 0 saturated heterocycles. The monoisotopic (exact) mass is 349 g/mol. The van der Waals surface area contributed by atoms with E-state index in [9.17, 15) is 14.4 Å². The standard InChI is InChI=1S/C18H15N5O3/c24-16(15-11-5-1-2-6-12(11)21-22-15)19-9-10-23-14-8-4-3-7-13(14)20-17(25)18(23)26/h1-8H,9-10H2,(H,19,24)(H,20,25)(H,21,22). The summed E-state index contributed by atoms with van der Waals surface area (Å²) in [5.74, 6) is -0.343. The summed E-state index contributed by atoms with van der Waals surface area (Å²) in [5, 5.41) is 10.3. The SMILES string of the molecule is O=C(NCCn1c(=O)c(=O)[nH]c2ccccc21)c1n[nH]c2ccccc12. The molecule has 0 atom stereocenters. The van der Waals surface area contributed by atoms with Crippen LogP contribution in [-0.2, 0) is 6.54 Å². The highest BCUT2D eigenvalue weighted by molar-refractivity contribution is 6.04. The number of H-pyrrole nitrogens is 2. The van der Waals surface area contributed by atoms with Crippen LogP contribution in [0.25, 0.3) is 21.9 Å². The molecule has 0 radical (unpaired) electrons. The van der Waals surface area contributed by atoms with E-state index in [4.69, 9.17) is 0 Å². The number of rotatable bonds is 4. The molecule has 0 saturated carbocycles. The fourth-order valence-electron chi connectivity index (χ4n) is 2.95. The lowest BCUT2D eigenvalue weighted by molar-refractivity contribution is 0.0949. The van der Waals surface area contributed by atoms with Crippen molar-refractivity contribution in [1.29, 1.82) is 0 Å². The molecule has 0 spiro atoms. The average Bonchev–Trinajstić information content (AvgIpc) is 3.09. The largest absolute Gasteiger partial charge is 0.349 e. The zero-order valence-corrected chi connectivity index (χ0v) is 13.7. The zero-order chi connectivity index (χ0) is 18.1. The summed E-state index contributed by atoms with van der Waals surface area (Å²) in [6, 6.07) is 14.4. The number of aromatic amines is 2. The number of carbonyl (C=O) groups is 1. The van der Waals surface area contributed by atoms with Crippen molar-refractivity contribution in [2.45, 2.75) is 6.54 Å². The first-order valence-electron chi connectivity index (χ1n) is 8.08. The minimum atomic E-state index is -0.687. The summed E-state index contributed by atoms with van der Waals surface area (Å²) in [6.07, 6.45) is 0. The van der Waals surface area contributed by atoms with Crippen LogP contribution >= 0.6 is 0 Å². The summed E-state index contributed by atoms with van der Waals surface area (Å²) in [4.78, 5) is 38.9. The van der Waals surface area contributed by atoms with Crippen LogP contribution in [0.1, 0.15) is 10.5 Å². The molecule has 0 aliphatic rings. The molecule has 0 aliphatic heterocycles. The van der Waals surface area contributed by atoms with Gasteiger partial charge in [-0.25, -0.2) is 0 Å². The van der Waals surface area contributed by atoms with E-state index >= 15 is 0 Å². The number of para-hydroxylation sites is 3. The second-order valence-electron chi connectivity index (χ2n) is 5.80. The van der Waals surface area contributed by atoms with Gasteiger partial charge < -0.3 is 14.9 Å². The average molecular weight is 349 g/mol. The molecule has 3 N–H and O–H groups in total. The van der Waals surface area contributed by atoms with E-state index in [0.717, 1.165) is 10.9 Å². The summed E-state index contributed by atoms with van der Waals surface area (Å²) in [7, 11) is 0. The van der Waals surface area contributed by atoms with Crippen LogP contribution in [0.5, 0.6) is 0 Å². The van der Waals surface area contributed by atoms with Gasteiger partial charge in [0.2, 0.25) is 0 Å². The van der Waals surface area contributed by atoms with E-state index in [1.54, 1.807) is 24.3 Å². The Kier molecular flexibility index (Phi) is 3.85. The molecule has 0 unspecified atom stereocenters. The summed E-state index contributed by atoms with van der Waals surface area (Å²) >= 11 is 0. The number of fused-ring (bicyclic) bond motifs is 2. The van der Waals surface area contributed by atoms with Gasteiger partial charge in [-0.15, -0.1) is 0 Å². The second kappa shape index (κ2) is 6.32. The first kappa shape index (κ1) is 15.8. The summed E-state index contributed by atoms with van der Waals surface area (Å²) in [5.41, 5.74) is 0.910. The lowest BCUT2D eigenvalue weighted by atomic mass is 10.2. The third-order valence-corrected chi connectivity index (χ3v) is 4.19. The number of aromatic nitrogens is 4. The number of nitrogens with one attached hydrogen (secondary N) is 3. The van der Waals surface area contributed by atoms with E-state index in [1.165, 1.54) is 4.57 Å². The number of amides is 1. The van der Waals surface area contributed by atoms with Crippen molar-refractivity contribution in [2.75, 3.05) is 6.54 Å². The van der Waals surface area contributed by atoms with Crippen molar-refractivity contribution in [3.05, 3.63) is 74.9 Å². The van der Waals surface area contributed by atoms with Crippen molar-refractivity contribution in [2.24, 2.45) is 0 Å². The van der Waals surface area contributed by atoms with Crippen LogP contribution in [0, 0.1) is 0 Å². The fourth-order valence-corrected chi connectivity index (χ4v) is 2.95. The Labute approximate surface area is 146 Å². The van der Waals surface area contributed by atoms with Crippen molar-refractivity contribution in [3.63, 3.8) is 0 Å². The Morgan fingerprint density at radius 3 is 2.62 bits per heavy atom. The predicted octanol–water partition coefficient (Wildman–Crippen LogP) is 0.996. The molecular weight excluding hydrogens is 334 g/mol. The first-order chi connectivity index (χ1) is 12.6. The molecule has 1 amide bonds. The maximum atomic E-state index is 12.4. The van der Waals surface area contributed by atoms with Crippen molar-refractivity contribution < 1.29 is 4.79 Å². The highest BCUT2D eigenvalue weighted by Crippen LogP contribution is 2.14. The normalized spacial score (nSPS) is 11.1. The van der Waals surface area contributed by atoms with Crippen molar-refractivity contribution in [1.82, 2.24) is 25.1 Å². The number of nitrogens with zero attached hydrogens (tertiary/aromatic N) is 2. The Bertz CT molecular complexity index is 1230. The van der Waals surface area contributed by atoms with Crippen molar-refractivity contribution >= 4 is 27.8 Å². The van der Waals surface area contributed by atoms with Gasteiger partial charge in [0, 0.05) is 18.5 Å². The second-order valence-corrected chi connectivity index (χ2v) is 5.80. The van der Waals surface area contributed by atoms with Crippen molar-refractivity contribution in [3.8, 4) is 0 Å². The number of benzene rings is 2. The van der Waals surface area contributed by atoms with E-state index in [1.807, 2.05) is 24.3 Å². The van der Waals surface area contributed by atoms with Gasteiger partial charge in [0.25, 0.3) is 5.91 Å². The molecule has 0 bridgehead atoms. The van der Waals surface area contributed by atoms with Crippen LogP contribution in [-0.4, -0.2) is 32.2 Å². The molecule has 8 heteroatoms. The first-order valence-corrected chi connectivity index (χ1v) is 8.08. The van der Waals surface area contributed by atoms with E-state index in [2.05, 4.69) is 20.5 Å². The fraction of sp³-hybridized carbons (Fsp3) is 0.111. The smallest absolute Gasteiger partial charge is 0.316 e. The molecule has 2 heterocycles. The van der Waals surface area contributed by atoms with Gasteiger partial charge in [-0.1, -0.05) is 30.3 Å². The van der Waals surface area contributed by atoms with Gasteiger partial charge in [0.15, 0.2) is 5.69 Å². The molecule has 0 aliphatic carbocycles. The molecule has 26 heavy (non-hydrogen) atoms. The van der Waals surface area contributed by atoms with Gasteiger partial charge in [0.1, 0.15) is 0 Å². The highest BCUT2D eigenvalue weighted by Gasteiger charge is 2.14. The minimum Gasteiger partial charge on any atom is -0.349 e. The molecule has 130 valence electrons. The third-order valence-electron chi connectivity index (χ3n) is 4.19. The Morgan fingerprint density at radius 2 is 1.77 bits per heavy atom. The van der Waals surface area contributed by atoms with Gasteiger partial charge in [0.05, 0.1) is 16.6 Å². The molecule has 2 aromatic carbocycles. The molecular formula is C18H15N5O3. The molecule has 8 nitrogen and oxygen atoms in total. The van der Waals surface area contributed by atoms with E-state index in [0.29, 0.717) is 16.7 Å². The molecule has 4 rings (SSSR count). The Balaban J connectivity index is 1.56. The van der Waals surface area contributed by atoms with Crippen LogP contribution in [0.2, 0.25) is 0 Å². The number of carbonyl (C=O) groups excluding carboxylic acids is 1. The van der Waals surface area contributed by atoms with Gasteiger partial charge in [-0.3, -0.25) is 19.5 Å². The topological polar surface area (TPSA) is 113 Å². The lowest BCUT2D eigenvalue weighted by Gasteiger charge is -2.10.